The third-order valence-corrected chi connectivity index (χ3v) is 1.62. The first kappa shape index (κ1) is 13.5. The van der Waals surface area contributed by atoms with Gasteiger partial charge >= 0.3 is 0 Å². The Hall–Kier alpha value is -0.530. The number of nitrogens with one attached hydrogen (secondary N) is 1. The first-order valence-electron chi connectivity index (χ1n) is 4.48. The van der Waals surface area contributed by atoms with E-state index in [1.807, 2.05) is 6.92 Å². The zero-order valence-electron chi connectivity index (χ0n) is 8.09. The van der Waals surface area contributed by atoms with Gasteiger partial charge in [0.05, 0.1) is 6.61 Å². The van der Waals surface area contributed by atoms with Gasteiger partial charge in [-0.05, 0) is 6.42 Å². The van der Waals surface area contributed by atoms with Gasteiger partial charge in [0.1, 0.15) is 12.2 Å². The van der Waals surface area contributed by atoms with Gasteiger partial charge in [-0.3, -0.25) is 4.84 Å². The number of aldehydes is 1. The Balaban J connectivity index is 3.92. The van der Waals surface area contributed by atoms with Gasteiger partial charge in [-0.2, -0.15) is 0 Å². The highest BCUT2D eigenvalue weighted by atomic mass is 16.7. The van der Waals surface area contributed by atoms with Gasteiger partial charge in [-0.1, -0.05) is 6.92 Å². The highest BCUT2D eigenvalue weighted by Gasteiger charge is 2.26. The van der Waals surface area contributed by atoms with E-state index in [0.717, 1.165) is 6.42 Å². The van der Waals surface area contributed by atoms with Gasteiger partial charge in [-0.25, -0.2) is 5.48 Å². The molecule has 6 heteroatoms. The van der Waals surface area contributed by atoms with Crippen LogP contribution in [0.2, 0.25) is 0 Å². The second-order valence-electron chi connectivity index (χ2n) is 2.85. The topological polar surface area (TPSA) is 99.0 Å². The maximum Gasteiger partial charge on any atom is 0.162 e. The van der Waals surface area contributed by atoms with Crippen LogP contribution >= 0.6 is 0 Å². The summed E-state index contributed by atoms with van der Waals surface area (Å²) < 4.78 is 0. The van der Waals surface area contributed by atoms with E-state index in [4.69, 9.17) is 15.1 Å². The Bertz CT molecular complexity index is 155. The van der Waals surface area contributed by atoms with Crippen LogP contribution in [0.15, 0.2) is 0 Å². The molecule has 0 unspecified atom stereocenters. The number of hydroxylamine groups is 1. The third-order valence-electron chi connectivity index (χ3n) is 1.62. The average molecular weight is 207 g/mol. The van der Waals surface area contributed by atoms with Gasteiger partial charge in [0, 0.05) is 6.54 Å². The van der Waals surface area contributed by atoms with E-state index < -0.39 is 24.9 Å². The molecule has 0 radical (unpaired) electrons. The fourth-order valence-electron chi connectivity index (χ4n) is 0.762. The van der Waals surface area contributed by atoms with E-state index in [-0.39, 0.29) is 0 Å². The van der Waals surface area contributed by atoms with Crippen molar-refractivity contribution >= 4 is 6.29 Å². The first-order valence-corrected chi connectivity index (χ1v) is 4.48. The van der Waals surface area contributed by atoms with E-state index >= 15 is 0 Å². The second kappa shape index (κ2) is 7.84. The molecule has 0 aromatic carbocycles. The van der Waals surface area contributed by atoms with Crippen LogP contribution < -0.4 is 5.48 Å². The molecule has 0 amide bonds. The lowest BCUT2D eigenvalue weighted by molar-refractivity contribution is -0.148. The summed E-state index contributed by atoms with van der Waals surface area (Å²) in [7, 11) is 0. The van der Waals surface area contributed by atoms with Gasteiger partial charge in [0.25, 0.3) is 0 Å². The van der Waals surface area contributed by atoms with Crippen molar-refractivity contribution in [2.24, 2.45) is 0 Å². The van der Waals surface area contributed by atoms with E-state index in [2.05, 4.69) is 5.48 Å². The van der Waals surface area contributed by atoms with Crippen molar-refractivity contribution in [2.75, 3.05) is 13.2 Å². The number of carbonyl (C=O) groups excluding carboxylic acids is 1. The molecule has 4 N–H and O–H groups in total. The molecule has 0 aliphatic heterocycles. The molecule has 0 heterocycles. The molecule has 84 valence electrons. The number of hydrogen-bond donors (Lipinski definition) is 4. The monoisotopic (exact) mass is 207 g/mol. The van der Waals surface area contributed by atoms with Crippen molar-refractivity contribution in [1.29, 1.82) is 0 Å². The molecule has 0 spiro atoms. The molecule has 0 bridgehead atoms. The molecule has 0 aliphatic rings. The highest BCUT2D eigenvalue weighted by Crippen LogP contribution is 2.00. The molecule has 0 aromatic rings. The largest absolute Gasteiger partial charge is 0.394 e. The minimum Gasteiger partial charge on any atom is -0.394 e. The molecule has 3 atom stereocenters. The van der Waals surface area contributed by atoms with Gasteiger partial charge < -0.3 is 20.1 Å². The molecule has 0 saturated carbocycles. The molecule has 0 aliphatic carbocycles. The number of aliphatic hydroxyl groups is 3. The molecule has 0 aromatic heterocycles. The summed E-state index contributed by atoms with van der Waals surface area (Å²) in [6.07, 6.45) is -2.81. The lowest BCUT2D eigenvalue weighted by Gasteiger charge is -2.21. The summed E-state index contributed by atoms with van der Waals surface area (Å²) in [4.78, 5) is 15.2. The van der Waals surface area contributed by atoms with E-state index in [1.165, 1.54) is 0 Å². The Morgan fingerprint density at radius 3 is 2.57 bits per heavy atom. The number of aliphatic hydroxyl groups excluding tert-OH is 3. The van der Waals surface area contributed by atoms with Crippen LogP contribution in [0, 0.1) is 0 Å². The Labute approximate surface area is 82.5 Å². The van der Waals surface area contributed by atoms with Crippen molar-refractivity contribution in [3.63, 3.8) is 0 Å². The van der Waals surface area contributed by atoms with E-state index in [0.29, 0.717) is 12.8 Å². The summed E-state index contributed by atoms with van der Waals surface area (Å²) in [6.45, 7) is 1.82. The maximum atomic E-state index is 10.4. The van der Waals surface area contributed by atoms with Crippen molar-refractivity contribution in [3.05, 3.63) is 0 Å². The first-order chi connectivity index (χ1) is 6.67. The summed E-state index contributed by atoms with van der Waals surface area (Å²) in [6, 6.07) is 0. The lowest BCUT2D eigenvalue weighted by atomic mass is 10.1. The van der Waals surface area contributed by atoms with Crippen LogP contribution in [-0.2, 0) is 9.63 Å². The molecular formula is C8H17NO5. The zero-order chi connectivity index (χ0) is 11.0. The Morgan fingerprint density at radius 2 is 2.14 bits per heavy atom. The van der Waals surface area contributed by atoms with Crippen LogP contribution in [0.4, 0.5) is 0 Å². The van der Waals surface area contributed by atoms with Crippen molar-refractivity contribution in [1.82, 2.24) is 5.48 Å². The molecule has 6 nitrogen and oxygen atoms in total. The minimum atomic E-state index is -1.43. The molecule has 0 rings (SSSR count). The van der Waals surface area contributed by atoms with Crippen molar-refractivity contribution < 1.29 is 25.0 Å². The summed E-state index contributed by atoms with van der Waals surface area (Å²) >= 11 is 0. The van der Waals surface area contributed by atoms with Crippen molar-refractivity contribution in [2.45, 2.75) is 31.7 Å². The predicted molar refractivity (Wildman–Crippen MR) is 48.3 cm³/mol. The predicted octanol–water partition coefficient (Wildman–Crippen LogP) is -1.80. The minimum absolute atomic E-state index is 0.367. The zero-order valence-corrected chi connectivity index (χ0v) is 8.09. The van der Waals surface area contributed by atoms with Gasteiger partial charge in [0.15, 0.2) is 12.4 Å². The average Bonchev–Trinajstić information content (AvgIpc) is 2.22. The number of hydrogen-bond acceptors (Lipinski definition) is 6. The highest BCUT2D eigenvalue weighted by molar-refractivity contribution is 5.57. The lowest BCUT2D eigenvalue weighted by Crippen LogP contribution is -2.44. The number of rotatable bonds is 8. The second-order valence-corrected chi connectivity index (χ2v) is 2.85. The molecule has 0 fully saturated rings. The van der Waals surface area contributed by atoms with Crippen LogP contribution in [-0.4, -0.2) is 53.1 Å². The third kappa shape index (κ3) is 4.64. The van der Waals surface area contributed by atoms with Crippen LogP contribution in [0.3, 0.4) is 0 Å². The number of carbonyl (C=O) groups is 1. The van der Waals surface area contributed by atoms with Crippen LogP contribution in [0.25, 0.3) is 0 Å². The molecule has 14 heavy (non-hydrogen) atoms. The fourth-order valence-corrected chi connectivity index (χ4v) is 0.762. The maximum absolute atomic E-state index is 10.4. The standard InChI is InChI=1S/C8H17NO5/c1-2-3-9-14-7(5-11)8(13)6(12)4-10/h5-10,12-13H,2-4H2,1H3/t6-,7+,8-/m1/s1. The van der Waals surface area contributed by atoms with Gasteiger partial charge in [0.2, 0.25) is 0 Å². The summed E-state index contributed by atoms with van der Waals surface area (Å²) in [5, 5.41) is 26.8. The van der Waals surface area contributed by atoms with Crippen LogP contribution in [0.1, 0.15) is 13.3 Å². The SMILES string of the molecule is CCCNO[C@@H](C=O)[C@H](O)[C@H](O)CO. The van der Waals surface area contributed by atoms with Crippen LogP contribution in [0.5, 0.6) is 0 Å². The Kier molecular flexibility index (Phi) is 7.54. The normalized spacial score (nSPS) is 17.4. The van der Waals surface area contributed by atoms with E-state index in [1.54, 1.807) is 0 Å². The summed E-state index contributed by atoms with van der Waals surface area (Å²) in [5.41, 5.74) is 2.46. The molecule has 0 saturated heterocycles. The van der Waals surface area contributed by atoms with Gasteiger partial charge in [-0.15, -0.1) is 0 Å². The summed E-state index contributed by atoms with van der Waals surface area (Å²) in [5.74, 6) is 0. The Morgan fingerprint density at radius 1 is 1.50 bits per heavy atom. The van der Waals surface area contributed by atoms with Crippen molar-refractivity contribution in [3.8, 4) is 0 Å². The fraction of sp³-hybridized carbons (Fsp3) is 0.875. The quantitative estimate of drug-likeness (QED) is 0.213. The van der Waals surface area contributed by atoms with E-state index in [9.17, 15) is 9.90 Å². The smallest absolute Gasteiger partial charge is 0.162 e. The molecular weight excluding hydrogens is 190 g/mol.